The molecule has 0 N–H and O–H groups in total. The number of halogens is 1. The first-order chi connectivity index (χ1) is 6.77. The third-order valence-corrected chi connectivity index (χ3v) is 2.07. The van der Waals surface area contributed by atoms with Gasteiger partial charge in [-0.15, -0.1) is 0 Å². The van der Waals surface area contributed by atoms with E-state index < -0.39 is 0 Å². The largest absolute Gasteiger partial charge is 0.364 e. The minimum absolute atomic E-state index is 0.461. The van der Waals surface area contributed by atoms with Gasteiger partial charge in [0.25, 0.3) is 0 Å². The summed E-state index contributed by atoms with van der Waals surface area (Å²) in [4.78, 5) is 6.12. The molecule has 0 bridgehead atoms. The maximum absolute atomic E-state index is 5.04. The van der Waals surface area contributed by atoms with Gasteiger partial charge in [0.2, 0.25) is 0 Å². The lowest BCUT2D eigenvalue weighted by molar-refractivity contribution is 0.139. The number of aromatic nitrogens is 1. The highest BCUT2D eigenvalue weighted by molar-refractivity contribution is 9.10. The third-order valence-electron chi connectivity index (χ3n) is 1.61. The van der Waals surface area contributed by atoms with Crippen molar-refractivity contribution in [2.45, 2.75) is 0 Å². The average molecular weight is 261 g/mol. The Labute approximate surface area is 92.0 Å². The summed E-state index contributed by atoms with van der Waals surface area (Å²) in [6.07, 6.45) is 1.74. The number of anilines is 1. The first kappa shape index (κ1) is 11.4. The zero-order valence-corrected chi connectivity index (χ0v) is 9.82. The van der Waals surface area contributed by atoms with Crippen LogP contribution in [-0.2, 0) is 9.47 Å². The van der Waals surface area contributed by atoms with Crippen LogP contribution >= 0.6 is 15.9 Å². The standard InChI is InChI=1S/C9H13BrN2O2/c1-13-6-12(7-14-2)9-4-3-8(10)5-11-9/h3-5H,6-7H2,1-2H3. The van der Waals surface area contributed by atoms with E-state index in [1.54, 1.807) is 20.4 Å². The van der Waals surface area contributed by atoms with Crippen molar-refractivity contribution in [2.75, 3.05) is 32.6 Å². The van der Waals surface area contributed by atoms with Gasteiger partial charge in [-0.05, 0) is 28.1 Å². The van der Waals surface area contributed by atoms with Crippen LogP contribution in [0.15, 0.2) is 22.8 Å². The fraction of sp³-hybridized carbons (Fsp3) is 0.444. The van der Waals surface area contributed by atoms with Crippen molar-refractivity contribution < 1.29 is 9.47 Å². The molecule has 1 rings (SSSR count). The highest BCUT2D eigenvalue weighted by atomic mass is 79.9. The van der Waals surface area contributed by atoms with E-state index >= 15 is 0 Å². The van der Waals surface area contributed by atoms with Crippen LogP contribution in [0.4, 0.5) is 5.82 Å². The van der Waals surface area contributed by atoms with E-state index in [9.17, 15) is 0 Å². The summed E-state index contributed by atoms with van der Waals surface area (Å²) in [5.41, 5.74) is 0. The molecular weight excluding hydrogens is 248 g/mol. The van der Waals surface area contributed by atoms with Gasteiger partial charge in [-0.2, -0.15) is 0 Å². The zero-order valence-electron chi connectivity index (χ0n) is 8.24. The SMILES string of the molecule is COCN(COC)c1ccc(Br)cn1. The molecule has 78 valence electrons. The molecule has 0 radical (unpaired) electrons. The molecule has 0 saturated heterocycles. The number of nitrogens with zero attached hydrogens (tertiary/aromatic N) is 2. The summed E-state index contributed by atoms with van der Waals surface area (Å²) in [5.74, 6) is 0.830. The van der Waals surface area contributed by atoms with Crippen molar-refractivity contribution in [3.8, 4) is 0 Å². The Bertz CT molecular complexity index is 260. The summed E-state index contributed by atoms with van der Waals surface area (Å²) >= 11 is 3.33. The molecule has 0 fully saturated rings. The molecule has 0 aliphatic heterocycles. The van der Waals surface area contributed by atoms with Crippen LogP contribution in [0.25, 0.3) is 0 Å². The lowest BCUT2D eigenvalue weighted by atomic mass is 10.4. The molecule has 0 amide bonds. The summed E-state index contributed by atoms with van der Waals surface area (Å²) < 4.78 is 11.0. The number of rotatable bonds is 5. The molecular formula is C9H13BrN2O2. The second-order valence-electron chi connectivity index (χ2n) is 2.71. The molecule has 0 spiro atoms. The fourth-order valence-corrected chi connectivity index (χ4v) is 1.27. The van der Waals surface area contributed by atoms with Crippen LogP contribution in [0, 0.1) is 0 Å². The second kappa shape index (κ2) is 5.95. The Hall–Kier alpha value is -0.650. The van der Waals surface area contributed by atoms with Gasteiger partial charge in [-0.3, -0.25) is 0 Å². The van der Waals surface area contributed by atoms with Crippen LogP contribution < -0.4 is 4.90 Å². The van der Waals surface area contributed by atoms with E-state index in [2.05, 4.69) is 20.9 Å². The molecule has 1 heterocycles. The Morgan fingerprint density at radius 3 is 2.36 bits per heavy atom. The summed E-state index contributed by atoms with van der Waals surface area (Å²) in [5, 5.41) is 0. The van der Waals surface area contributed by atoms with Crippen molar-refractivity contribution in [2.24, 2.45) is 0 Å². The van der Waals surface area contributed by atoms with E-state index in [0.29, 0.717) is 13.5 Å². The number of hydrogen-bond donors (Lipinski definition) is 0. The zero-order chi connectivity index (χ0) is 10.4. The van der Waals surface area contributed by atoms with Crippen molar-refractivity contribution >= 4 is 21.7 Å². The van der Waals surface area contributed by atoms with Gasteiger partial charge >= 0.3 is 0 Å². The normalized spacial score (nSPS) is 10.2. The quantitative estimate of drug-likeness (QED) is 0.758. The van der Waals surface area contributed by atoms with Gasteiger partial charge in [-0.1, -0.05) is 0 Å². The van der Waals surface area contributed by atoms with Crippen molar-refractivity contribution in [1.82, 2.24) is 4.98 Å². The van der Waals surface area contributed by atoms with Crippen molar-refractivity contribution in [3.05, 3.63) is 22.8 Å². The number of ether oxygens (including phenoxy) is 2. The maximum atomic E-state index is 5.04. The summed E-state index contributed by atoms with van der Waals surface area (Å²) in [6.45, 7) is 0.922. The van der Waals surface area contributed by atoms with Gasteiger partial charge < -0.3 is 14.4 Å². The number of pyridine rings is 1. The topological polar surface area (TPSA) is 34.6 Å². The smallest absolute Gasteiger partial charge is 0.132 e. The Morgan fingerprint density at radius 1 is 1.29 bits per heavy atom. The van der Waals surface area contributed by atoms with Gasteiger partial charge in [0.15, 0.2) is 0 Å². The Balaban J connectivity index is 2.71. The first-order valence-corrected chi connectivity index (χ1v) is 4.91. The summed E-state index contributed by atoms with van der Waals surface area (Å²) in [6, 6.07) is 3.84. The van der Waals surface area contributed by atoms with Gasteiger partial charge in [0.05, 0.1) is 0 Å². The first-order valence-electron chi connectivity index (χ1n) is 4.12. The molecule has 1 aromatic heterocycles. The van der Waals surface area contributed by atoms with E-state index in [-0.39, 0.29) is 0 Å². The van der Waals surface area contributed by atoms with Crippen molar-refractivity contribution in [3.63, 3.8) is 0 Å². The third kappa shape index (κ3) is 3.25. The highest BCUT2D eigenvalue weighted by Gasteiger charge is 2.05. The molecule has 5 heteroatoms. The fourth-order valence-electron chi connectivity index (χ4n) is 1.04. The molecule has 0 aromatic carbocycles. The molecule has 0 aliphatic carbocycles. The molecule has 0 unspecified atom stereocenters. The highest BCUT2D eigenvalue weighted by Crippen LogP contribution is 2.14. The van der Waals surface area contributed by atoms with E-state index in [1.807, 2.05) is 17.0 Å². The molecule has 0 saturated carbocycles. The summed E-state index contributed by atoms with van der Waals surface area (Å²) in [7, 11) is 3.28. The van der Waals surface area contributed by atoms with Crippen LogP contribution in [0.3, 0.4) is 0 Å². The predicted molar refractivity (Wildman–Crippen MR) is 58.2 cm³/mol. The monoisotopic (exact) mass is 260 g/mol. The van der Waals surface area contributed by atoms with Gasteiger partial charge in [0, 0.05) is 24.9 Å². The maximum Gasteiger partial charge on any atom is 0.132 e. The van der Waals surface area contributed by atoms with E-state index in [4.69, 9.17) is 9.47 Å². The lowest BCUT2D eigenvalue weighted by Crippen LogP contribution is -2.28. The average Bonchev–Trinajstić information content (AvgIpc) is 2.19. The Kier molecular flexibility index (Phi) is 4.86. The van der Waals surface area contributed by atoms with E-state index in [0.717, 1.165) is 10.3 Å². The van der Waals surface area contributed by atoms with Crippen LogP contribution in [-0.4, -0.2) is 32.7 Å². The lowest BCUT2D eigenvalue weighted by Gasteiger charge is -2.21. The van der Waals surface area contributed by atoms with Crippen LogP contribution in [0.2, 0.25) is 0 Å². The molecule has 0 aliphatic rings. The minimum Gasteiger partial charge on any atom is -0.364 e. The Morgan fingerprint density at radius 2 is 1.93 bits per heavy atom. The van der Waals surface area contributed by atoms with E-state index in [1.165, 1.54) is 0 Å². The predicted octanol–water partition coefficient (Wildman–Crippen LogP) is 1.86. The molecule has 14 heavy (non-hydrogen) atoms. The van der Waals surface area contributed by atoms with Crippen LogP contribution in [0.1, 0.15) is 0 Å². The number of hydrogen-bond acceptors (Lipinski definition) is 4. The number of methoxy groups -OCH3 is 2. The van der Waals surface area contributed by atoms with Crippen LogP contribution in [0.5, 0.6) is 0 Å². The molecule has 4 nitrogen and oxygen atoms in total. The molecule has 0 atom stereocenters. The van der Waals surface area contributed by atoms with Gasteiger partial charge in [-0.25, -0.2) is 4.98 Å². The minimum atomic E-state index is 0.461. The second-order valence-corrected chi connectivity index (χ2v) is 3.63. The molecule has 1 aromatic rings. The van der Waals surface area contributed by atoms with Gasteiger partial charge in [0.1, 0.15) is 19.3 Å². The van der Waals surface area contributed by atoms with Crippen molar-refractivity contribution in [1.29, 1.82) is 0 Å².